The number of nitrogens with zero attached hydrogens (tertiary/aromatic N) is 2. The average Bonchev–Trinajstić information content (AvgIpc) is 2.84. The lowest BCUT2D eigenvalue weighted by Crippen LogP contribution is -2.40. The number of nitrogens with two attached hydrogens (primary N) is 1. The van der Waals surface area contributed by atoms with Crippen molar-refractivity contribution in [1.29, 1.82) is 0 Å². The second-order valence-corrected chi connectivity index (χ2v) is 7.29. The molecule has 2 aromatic carbocycles. The zero-order chi connectivity index (χ0) is 22.7. The van der Waals surface area contributed by atoms with Gasteiger partial charge in [-0.05, 0) is 30.3 Å². The van der Waals surface area contributed by atoms with Gasteiger partial charge in [0.2, 0.25) is 0 Å². The number of ether oxygens (including phenoxy) is 2. The molecule has 1 amide bonds. The Kier molecular flexibility index (Phi) is 6.09. The minimum absolute atomic E-state index is 0.160. The second kappa shape index (κ2) is 9.11. The van der Waals surface area contributed by atoms with Crippen molar-refractivity contribution >= 4 is 28.3 Å². The lowest BCUT2D eigenvalue weighted by atomic mass is 10.0. The Morgan fingerprint density at radius 1 is 1.22 bits per heavy atom. The molecule has 1 saturated heterocycles. The van der Waals surface area contributed by atoms with E-state index >= 15 is 0 Å². The molecule has 0 bridgehead atoms. The second-order valence-electron chi connectivity index (χ2n) is 7.29. The number of para-hydroxylation sites is 2. The number of rotatable bonds is 5. The molecule has 166 valence electrons. The highest BCUT2D eigenvalue weighted by Gasteiger charge is 2.23. The topological polar surface area (TPSA) is 123 Å². The van der Waals surface area contributed by atoms with E-state index in [9.17, 15) is 9.59 Å². The average molecular weight is 435 g/mol. The zero-order valence-corrected chi connectivity index (χ0v) is 18.0. The molecule has 0 spiro atoms. The Labute approximate surface area is 184 Å². The number of benzene rings is 2. The predicted octanol–water partition coefficient (Wildman–Crippen LogP) is 1.41. The number of aromatic amines is 1. The molecule has 0 unspecified atom stereocenters. The largest absolute Gasteiger partial charge is 0.496 e. The van der Waals surface area contributed by atoms with E-state index in [-0.39, 0.29) is 17.2 Å². The number of aromatic nitrogens is 2. The monoisotopic (exact) mass is 435 g/mol. The zero-order valence-electron chi connectivity index (χ0n) is 18.0. The SMILES string of the molecule is CN/C(=C(/N)c1ccc(OC)c(C(=O)N2CCOCC2)c1)c1nc2ccccc2[nH]c1=O. The van der Waals surface area contributed by atoms with E-state index in [1.165, 1.54) is 7.11 Å². The van der Waals surface area contributed by atoms with Gasteiger partial charge >= 0.3 is 0 Å². The minimum Gasteiger partial charge on any atom is -0.496 e. The number of amides is 1. The summed E-state index contributed by atoms with van der Waals surface area (Å²) in [5.74, 6) is 0.290. The maximum absolute atomic E-state index is 13.1. The van der Waals surface area contributed by atoms with Crippen molar-refractivity contribution in [1.82, 2.24) is 20.2 Å². The number of morpholine rings is 1. The first-order valence-electron chi connectivity index (χ1n) is 10.3. The first kappa shape index (κ1) is 21.4. The fourth-order valence-corrected chi connectivity index (χ4v) is 3.70. The van der Waals surface area contributed by atoms with E-state index in [0.717, 1.165) is 0 Å². The van der Waals surface area contributed by atoms with E-state index in [0.29, 0.717) is 65.6 Å². The lowest BCUT2D eigenvalue weighted by Gasteiger charge is -2.27. The van der Waals surface area contributed by atoms with Gasteiger partial charge in [-0.1, -0.05) is 12.1 Å². The molecule has 1 aromatic heterocycles. The maximum Gasteiger partial charge on any atom is 0.276 e. The Hall–Kier alpha value is -3.85. The normalized spacial score (nSPS) is 14.8. The third-order valence-electron chi connectivity index (χ3n) is 5.39. The highest BCUT2D eigenvalue weighted by molar-refractivity contribution is 5.99. The van der Waals surface area contributed by atoms with Crippen LogP contribution in [0.15, 0.2) is 47.3 Å². The van der Waals surface area contributed by atoms with Crippen molar-refractivity contribution in [3.05, 3.63) is 69.6 Å². The molecule has 4 rings (SSSR count). The van der Waals surface area contributed by atoms with Gasteiger partial charge in [0.1, 0.15) is 5.75 Å². The van der Waals surface area contributed by atoms with E-state index in [1.807, 2.05) is 18.2 Å². The minimum atomic E-state index is -0.367. The number of carbonyl (C=O) groups excluding carboxylic acids is 1. The van der Waals surface area contributed by atoms with Gasteiger partial charge in [0.05, 0.1) is 48.3 Å². The van der Waals surface area contributed by atoms with E-state index < -0.39 is 0 Å². The van der Waals surface area contributed by atoms with Crippen LogP contribution >= 0.6 is 0 Å². The molecule has 0 radical (unpaired) electrons. The summed E-state index contributed by atoms with van der Waals surface area (Å²) in [7, 11) is 3.18. The Morgan fingerprint density at radius 3 is 2.69 bits per heavy atom. The highest BCUT2D eigenvalue weighted by Crippen LogP contribution is 2.26. The molecule has 0 aliphatic carbocycles. The first-order chi connectivity index (χ1) is 15.5. The molecular formula is C23H25N5O4. The van der Waals surface area contributed by atoms with Crippen LogP contribution in [0, 0.1) is 0 Å². The van der Waals surface area contributed by atoms with Gasteiger partial charge in [0.25, 0.3) is 11.5 Å². The molecule has 32 heavy (non-hydrogen) atoms. The van der Waals surface area contributed by atoms with Crippen molar-refractivity contribution < 1.29 is 14.3 Å². The summed E-state index contributed by atoms with van der Waals surface area (Å²) in [6, 6.07) is 12.4. The fraction of sp³-hybridized carbons (Fsp3) is 0.261. The Balaban J connectivity index is 1.80. The summed E-state index contributed by atoms with van der Waals surface area (Å²) in [6.07, 6.45) is 0. The number of carbonyl (C=O) groups is 1. The molecule has 1 fully saturated rings. The smallest absolute Gasteiger partial charge is 0.276 e. The molecule has 0 saturated carbocycles. The Morgan fingerprint density at radius 2 is 1.97 bits per heavy atom. The predicted molar refractivity (Wildman–Crippen MR) is 122 cm³/mol. The fourth-order valence-electron chi connectivity index (χ4n) is 3.70. The molecule has 9 nitrogen and oxygen atoms in total. The summed E-state index contributed by atoms with van der Waals surface area (Å²) >= 11 is 0. The summed E-state index contributed by atoms with van der Waals surface area (Å²) in [6.45, 7) is 2.01. The van der Waals surface area contributed by atoms with Crippen molar-refractivity contribution in [3.8, 4) is 5.75 Å². The Bertz CT molecular complexity index is 1240. The van der Waals surface area contributed by atoms with Crippen LogP contribution in [-0.2, 0) is 4.74 Å². The number of H-pyrrole nitrogens is 1. The number of fused-ring (bicyclic) bond motifs is 1. The number of methoxy groups -OCH3 is 1. The quantitative estimate of drug-likeness (QED) is 0.554. The molecule has 3 aromatic rings. The molecule has 9 heteroatoms. The third kappa shape index (κ3) is 4.02. The number of hydrogen-bond acceptors (Lipinski definition) is 7. The molecule has 1 aliphatic rings. The van der Waals surface area contributed by atoms with Crippen LogP contribution in [0.3, 0.4) is 0 Å². The number of hydrogen-bond donors (Lipinski definition) is 3. The van der Waals surface area contributed by atoms with Gasteiger partial charge in [-0.2, -0.15) is 0 Å². The van der Waals surface area contributed by atoms with Gasteiger partial charge in [0.15, 0.2) is 5.69 Å². The van der Waals surface area contributed by atoms with Crippen LogP contribution in [0.2, 0.25) is 0 Å². The van der Waals surface area contributed by atoms with Crippen LogP contribution in [0.5, 0.6) is 5.75 Å². The van der Waals surface area contributed by atoms with Gasteiger partial charge < -0.3 is 30.4 Å². The van der Waals surface area contributed by atoms with Gasteiger partial charge in [-0.15, -0.1) is 0 Å². The summed E-state index contributed by atoms with van der Waals surface area (Å²) in [5, 5.41) is 2.99. The van der Waals surface area contributed by atoms with E-state index in [1.54, 1.807) is 36.2 Å². The van der Waals surface area contributed by atoms with Crippen LogP contribution < -0.4 is 21.3 Å². The van der Waals surface area contributed by atoms with Crippen molar-refractivity contribution in [3.63, 3.8) is 0 Å². The molecule has 0 atom stereocenters. The molecular weight excluding hydrogens is 410 g/mol. The summed E-state index contributed by atoms with van der Waals surface area (Å²) in [5.41, 5.74) is 9.17. The first-order valence-corrected chi connectivity index (χ1v) is 10.3. The standard InChI is InChI=1S/C23H25N5O4/c1-25-20(21-22(29)27-17-6-4-3-5-16(17)26-21)19(24)14-7-8-18(31-2)15(13-14)23(30)28-9-11-32-12-10-28/h3-8,13,25H,9-12,24H2,1-2H3,(H,27,29)/b20-19+. The van der Waals surface area contributed by atoms with E-state index in [4.69, 9.17) is 15.2 Å². The molecule has 2 heterocycles. The summed E-state index contributed by atoms with van der Waals surface area (Å²) in [4.78, 5) is 34.9. The van der Waals surface area contributed by atoms with Crippen molar-refractivity contribution in [2.75, 3.05) is 40.5 Å². The van der Waals surface area contributed by atoms with Crippen LogP contribution in [0.1, 0.15) is 21.6 Å². The van der Waals surface area contributed by atoms with Crippen LogP contribution in [0.25, 0.3) is 22.4 Å². The summed E-state index contributed by atoms with van der Waals surface area (Å²) < 4.78 is 10.8. The van der Waals surface area contributed by atoms with Gasteiger partial charge in [0, 0.05) is 25.7 Å². The van der Waals surface area contributed by atoms with Gasteiger partial charge in [-0.3, -0.25) is 9.59 Å². The third-order valence-corrected chi connectivity index (χ3v) is 5.39. The van der Waals surface area contributed by atoms with Gasteiger partial charge in [-0.25, -0.2) is 4.98 Å². The lowest BCUT2D eigenvalue weighted by molar-refractivity contribution is 0.0301. The number of nitrogens with one attached hydrogen (secondary N) is 2. The van der Waals surface area contributed by atoms with Crippen LogP contribution in [0.4, 0.5) is 0 Å². The maximum atomic E-state index is 13.1. The molecule has 4 N–H and O–H groups in total. The molecule has 1 aliphatic heterocycles. The van der Waals surface area contributed by atoms with Crippen LogP contribution in [-0.4, -0.2) is 61.2 Å². The van der Waals surface area contributed by atoms with Crippen molar-refractivity contribution in [2.24, 2.45) is 5.73 Å². The van der Waals surface area contributed by atoms with Crippen molar-refractivity contribution in [2.45, 2.75) is 0 Å². The highest BCUT2D eigenvalue weighted by atomic mass is 16.5. The van der Waals surface area contributed by atoms with E-state index in [2.05, 4.69) is 15.3 Å².